The van der Waals surface area contributed by atoms with Crippen LogP contribution in [0, 0.1) is 18.8 Å². The van der Waals surface area contributed by atoms with Crippen molar-refractivity contribution in [2.75, 3.05) is 0 Å². The van der Waals surface area contributed by atoms with Crippen molar-refractivity contribution in [1.82, 2.24) is 0 Å². The smallest absolute Gasteiger partial charge is 0.203 e. The second kappa shape index (κ2) is 6.13. The van der Waals surface area contributed by atoms with E-state index < -0.39 is 70.0 Å². The molecule has 3 aliphatic carbocycles. The average Bonchev–Trinajstić information content (AvgIpc) is 2.66. The predicted molar refractivity (Wildman–Crippen MR) is 104 cm³/mol. The van der Waals surface area contributed by atoms with Gasteiger partial charge < -0.3 is 25.5 Å². The zero-order valence-electron chi connectivity index (χ0n) is 16.3. The second-order valence-electron chi connectivity index (χ2n) is 8.02. The number of carbonyl (C=O) groups excluding carboxylic acids is 3. The minimum Gasteiger partial charge on any atom is -0.508 e. The van der Waals surface area contributed by atoms with Gasteiger partial charge in [-0.05, 0) is 36.6 Å². The molecule has 4 unspecified atom stereocenters. The molecule has 0 heterocycles. The molecule has 30 heavy (non-hydrogen) atoms. The highest BCUT2D eigenvalue weighted by atomic mass is 16.4. The molecular formula is C22H20O8. The van der Waals surface area contributed by atoms with E-state index in [1.54, 1.807) is 13.0 Å². The molecule has 0 radical (unpaired) electrons. The predicted octanol–water partition coefficient (Wildman–Crippen LogP) is 1.28. The Hall–Kier alpha value is -3.23. The molecule has 0 bridgehead atoms. The van der Waals surface area contributed by atoms with Crippen LogP contribution in [0.25, 0.3) is 11.3 Å². The highest BCUT2D eigenvalue weighted by molar-refractivity contribution is 6.23. The first kappa shape index (κ1) is 20.1. The van der Waals surface area contributed by atoms with Gasteiger partial charge in [0.05, 0.1) is 17.2 Å². The zero-order chi connectivity index (χ0) is 22.3. The molecule has 1 aromatic rings. The van der Waals surface area contributed by atoms with Gasteiger partial charge in [0, 0.05) is 18.3 Å². The van der Waals surface area contributed by atoms with Gasteiger partial charge in [-0.3, -0.25) is 14.4 Å². The number of hydrogen-bond acceptors (Lipinski definition) is 8. The van der Waals surface area contributed by atoms with E-state index in [0.717, 1.165) is 6.92 Å². The van der Waals surface area contributed by atoms with Crippen molar-refractivity contribution < 1.29 is 39.9 Å². The van der Waals surface area contributed by atoms with Crippen LogP contribution in [0.5, 0.6) is 5.75 Å². The Morgan fingerprint density at radius 2 is 1.80 bits per heavy atom. The molecule has 8 heteroatoms. The number of phenols is 1. The molecule has 0 aromatic heterocycles. The van der Waals surface area contributed by atoms with Crippen LogP contribution in [0.3, 0.4) is 0 Å². The number of benzene rings is 1. The summed E-state index contributed by atoms with van der Waals surface area (Å²) in [4.78, 5) is 37.6. The zero-order valence-corrected chi connectivity index (χ0v) is 16.3. The molecule has 4 atom stereocenters. The lowest BCUT2D eigenvalue weighted by Gasteiger charge is -2.49. The average molecular weight is 412 g/mol. The fraction of sp³-hybridized carbons (Fsp3) is 0.318. The number of Topliss-reactive ketones (excluding diaryl/α,β-unsaturated/α-hetero) is 3. The van der Waals surface area contributed by atoms with E-state index in [0.29, 0.717) is 11.1 Å². The van der Waals surface area contributed by atoms with Gasteiger partial charge in [0.15, 0.2) is 17.2 Å². The van der Waals surface area contributed by atoms with Crippen molar-refractivity contribution in [2.45, 2.75) is 32.0 Å². The molecule has 1 fully saturated rings. The highest BCUT2D eigenvalue weighted by Crippen LogP contribution is 2.55. The normalized spacial score (nSPS) is 30.8. The Morgan fingerprint density at radius 3 is 2.40 bits per heavy atom. The molecule has 4 rings (SSSR count). The molecular weight excluding hydrogens is 392 g/mol. The van der Waals surface area contributed by atoms with E-state index in [4.69, 9.17) is 0 Å². The summed E-state index contributed by atoms with van der Waals surface area (Å²) in [5, 5.41) is 54.0. The van der Waals surface area contributed by atoms with Crippen molar-refractivity contribution in [2.24, 2.45) is 11.8 Å². The Morgan fingerprint density at radius 1 is 1.17 bits per heavy atom. The minimum atomic E-state index is -2.77. The molecule has 0 amide bonds. The monoisotopic (exact) mass is 412 g/mol. The van der Waals surface area contributed by atoms with E-state index in [1.807, 2.05) is 0 Å². The first-order valence-electron chi connectivity index (χ1n) is 9.32. The Labute approximate surface area is 171 Å². The quantitative estimate of drug-likeness (QED) is 0.433. The Bertz CT molecular complexity index is 1140. The number of rotatable bonds is 1. The van der Waals surface area contributed by atoms with Gasteiger partial charge in [0.2, 0.25) is 5.78 Å². The van der Waals surface area contributed by atoms with E-state index >= 15 is 0 Å². The van der Waals surface area contributed by atoms with Crippen LogP contribution in [0.4, 0.5) is 0 Å². The van der Waals surface area contributed by atoms with E-state index in [1.165, 1.54) is 6.07 Å². The van der Waals surface area contributed by atoms with Gasteiger partial charge in [-0.2, -0.15) is 0 Å². The fourth-order valence-electron chi connectivity index (χ4n) is 4.98. The lowest BCUT2D eigenvalue weighted by atomic mass is 9.56. The first-order valence-corrected chi connectivity index (χ1v) is 9.32. The lowest BCUT2D eigenvalue weighted by molar-refractivity contribution is -0.157. The maximum absolute atomic E-state index is 13.4. The summed E-state index contributed by atoms with van der Waals surface area (Å²) in [7, 11) is 0. The first-order chi connectivity index (χ1) is 13.9. The summed E-state index contributed by atoms with van der Waals surface area (Å²) < 4.78 is 0. The summed E-state index contributed by atoms with van der Waals surface area (Å²) in [5.74, 6) is -7.53. The van der Waals surface area contributed by atoms with Crippen LogP contribution >= 0.6 is 0 Å². The highest BCUT2D eigenvalue weighted by Gasteiger charge is 2.64. The molecule has 0 aliphatic heterocycles. The van der Waals surface area contributed by atoms with Crippen LogP contribution in [0.2, 0.25) is 0 Å². The van der Waals surface area contributed by atoms with Gasteiger partial charge in [-0.25, -0.2) is 0 Å². The summed E-state index contributed by atoms with van der Waals surface area (Å²) in [6.45, 7) is 6.65. The van der Waals surface area contributed by atoms with Crippen LogP contribution in [-0.2, 0) is 14.4 Å². The number of carbonyl (C=O) groups is 3. The van der Waals surface area contributed by atoms with Crippen molar-refractivity contribution in [1.29, 1.82) is 0 Å². The molecule has 1 aromatic carbocycles. The Balaban J connectivity index is 2.05. The number of aromatic hydroxyl groups is 1. The number of phenolic OH excluding ortho intramolecular Hbond substituents is 1. The van der Waals surface area contributed by atoms with Crippen LogP contribution in [0.15, 0.2) is 35.6 Å². The van der Waals surface area contributed by atoms with E-state index in [-0.39, 0.29) is 16.9 Å². The van der Waals surface area contributed by atoms with E-state index in [9.17, 15) is 39.9 Å². The van der Waals surface area contributed by atoms with Gasteiger partial charge in [0.25, 0.3) is 0 Å². The third kappa shape index (κ3) is 2.20. The summed E-state index contributed by atoms with van der Waals surface area (Å²) in [5.41, 5.74) is -2.79. The molecule has 1 saturated carbocycles. The van der Waals surface area contributed by atoms with Crippen molar-refractivity contribution in [3.05, 3.63) is 52.3 Å². The van der Waals surface area contributed by atoms with E-state index in [2.05, 4.69) is 6.58 Å². The van der Waals surface area contributed by atoms with Crippen molar-refractivity contribution in [3.8, 4) is 5.75 Å². The largest absolute Gasteiger partial charge is 0.508 e. The third-order valence-corrected chi connectivity index (χ3v) is 6.41. The van der Waals surface area contributed by atoms with Gasteiger partial charge in [-0.1, -0.05) is 12.6 Å². The number of aliphatic hydroxyl groups excluding tert-OH is 3. The van der Waals surface area contributed by atoms with Crippen LogP contribution in [-0.4, -0.2) is 54.6 Å². The summed E-state index contributed by atoms with van der Waals surface area (Å²) in [6.07, 6.45) is -2.13. The molecule has 0 saturated heterocycles. The van der Waals surface area contributed by atoms with Gasteiger partial charge in [0.1, 0.15) is 22.8 Å². The minimum absolute atomic E-state index is 0.0732. The van der Waals surface area contributed by atoms with Crippen LogP contribution < -0.4 is 0 Å². The van der Waals surface area contributed by atoms with Crippen molar-refractivity contribution >= 4 is 28.7 Å². The van der Waals surface area contributed by atoms with Crippen molar-refractivity contribution in [3.63, 3.8) is 0 Å². The van der Waals surface area contributed by atoms with Crippen LogP contribution in [0.1, 0.15) is 30.0 Å². The van der Waals surface area contributed by atoms with Gasteiger partial charge >= 0.3 is 0 Å². The topological polar surface area (TPSA) is 152 Å². The maximum Gasteiger partial charge on any atom is 0.203 e. The number of allylic oxidation sites excluding steroid dienone is 1. The third-order valence-electron chi connectivity index (χ3n) is 6.41. The Kier molecular flexibility index (Phi) is 4.10. The number of hydrogen-bond donors (Lipinski definition) is 5. The second-order valence-corrected chi connectivity index (χ2v) is 8.02. The molecule has 0 spiro atoms. The molecule has 5 N–H and O–H groups in total. The SMILES string of the molecule is C=C1c2c(C)ccc(O)c2C(O)=C2C(=O)C3(O)C(O)=C(C(C)=O)C(=O)CC3C(O)C12. The number of ketones is 3. The number of aryl methyl sites for hydroxylation is 1. The molecule has 3 aliphatic rings. The summed E-state index contributed by atoms with van der Waals surface area (Å²) in [6, 6.07) is 2.91. The fourth-order valence-corrected chi connectivity index (χ4v) is 4.98. The summed E-state index contributed by atoms with van der Waals surface area (Å²) >= 11 is 0. The number of fused-ring (bicyclic) bond motifs is 3. The molecule has 156 valence electrons. The maximum atomic E-state index is 13.4. The van der Waals surface area contributed by atoms with Gasteiger partial charge in [-0.15, -0.1) is 0 Å². The molecule has 8 nitrogen and oxygen atoms in total. The number of aliphatic hydroxyl groups is 4. The standard InChI is InChI=1S/C22H20O8/c1-7-4-5-11(24)16-13(7)8(2)14-17(19(16)27)21(29)22(30)10(18(14)26)6-12(25)15(9(3)23)20(22)28/h4-5,10,14,18,24,26-28,30H,2,6H2,1,3H3. The lowest BCUT2D eigenvalue weighted by Crippen LogP contribution is -2.63.